The summed E-state index contributed by atoms with van der Waals surface area (Å²) in [4.78, 5) is 25.4. The van der Waals surface area contributed by atoms with Gasteiger partial charge in [-0.3, -0.25) is 9.59 Å². The molecule has 0 saturated heterocycles. The molecule has 0 atom stereocenters. The van der Waals surface area contributed by atoms with Crippen LogP contribution in [0.5, 0.6) is 5.75 Å². The van der Waals surface area contributed by atoms with Gasteiger partial charge in [0, 0.05) is 11.1 Å². The third-order valence-electron chi connectivity index (χ3n) is 4.80. The fourth-order valence-corrected chi connectivity index (χ4v) is 3.21. The van der Waals surface area contributed by atoms with Crippen LogP contribution in [0.15, 0.2) is 91.0 Å². The zero-order valence-corrected chi connectivity index (χ0v) is 16.5. The Labute approximate surface area is 174 Å². The van der Waals surface area contributed by atoms with E-state index in [2.05, 4.69) is 5.10 Å². The molecule has 0 amide bonds. The lowest BCUT2D eigenvalue weighted by Crippen LogP contribution is -2.10. The molecular weight excluding hydrogens is 376 g/mol. The van der Waals surface area contributed by atoms with Crippen molar-refractivity contribution in [3.05, 3.63) is 102 Å². The molecule has 3 aromatic carbocycles. The van der Waals surface area contributed by atoms with E-state index in [1.165, 1.54) is 0 Å². The van der Waals surface area contributed by atoms with Crippen LogP contribution in [-0.4, -0.2) is 28.5 Å². The Bertz CT molecular complexity index is 1110. The van der Waals surface area contributed by atoms with E-state index in [4.69, 9.17) is 4.74 Å². The summed E-state index contributed by atoms with van der Waals surface area (Å²) < 4.78 is 6.84. The second-order valence-corrected chi connectivity index (χ2v) is 6.78. The van der Waals surface area contributed by atoms with Gasteiger partial charge in [-0.15, -0.1) is 0 Å². The van der Waals surface area contributed by atoms with Crippen molar-refractivity contribution in [1.29, 1.82) is 0 Å². The summed E-state index contributed by atoms with van der Waals surface area (Å²) in [6, 6.07) is 27.8. The molecular formula is C25H20N2O3. The number of hydrogen-bond donors (Lipinski definition) is 0. The Kier molecular flexibility index (Phi) is 5.52. The molecule has 0 aliphatic heterocycles. The molecule has 4 rings (SSSR count). The number of methoxy groups -OCH3 is 1. The van der Waals surface area contributed by atoms with Gasteiger partial charge < -0.3 is 4.74 Å². The monoisotopic (exact) mass is 396 g/mol. The van der Waals surface area contributed by atoms with E-state index in [1.54, 1.807) is 42.1 Å². The molecule has 0 saturated carbocycles. The van der Waals surface area contributed by atoms with Crippen LogP contribution < -0.4 is 4.74 Å². The van der Waals surface area contributed by atoms with Crippen LogP contribution in [0.3, 0.4) is 0 Å². The van der Waals surface area contributed by atoms with E-state index in [0.717, 1.165) is 16.9 Å². The number of para-hydroxylation sites is 1. The first kappa shape index (κ1) is 19.3. The van der Waals surface area contributed by atoms with Crippen LogP contribution in [0.1, 0.15) is 27.3 Å². The Hall–Kier alpha value is -3.99. The SMILES string of the molecule is COc1ccc(C(=O)CC(=O)c2cc(-c3ccccc3)n(-c3ccccc3)n2)cc1. The minimum Gasteiger partial charge on any atom is -0.497 e. The molecule has 0 unspecified atom stereocenters. The van der Waals surface area contributed by atoms with Crippen molar-refractivity contribution in [2.24, 2.45) is 0 Å². The van der Waals surface area contributed by atoms with E-state index in [-0.39, 0.29) is 23.7 Å². The lowest BCUT2D eigenvalue weighted by atomic mass is 10.0. The number of benzene rings is 3. The summed E-state index contributed by atoms with van der Waals surface area (Å²) in [6.45, 7) is 0. The van der Waals surface area contributed by atoms with Gasteiger partial charge >= 0.3 is 0 Å². The lowest BCUT2D eigenvalue weighted by Gasteiger charge is -2.07. The van der Waals surface area contributed by atoms with Crippen molar-refractivity contribution in [2.45, 2.75) is 6.42 Å². The fourth-order valence-electron chi connectivity index (χ4n) is 3.21. The second-order valence-electron chi connectivity index (χ2n) is 6.78. The molecule has 0 N–H and O–H groups in total. The zero-order chi connectivity index (χ0) is 20.9. The summed E-state index contributed by atoms with van der Waals surface area (Å²) in [7, 11) is 1.56. The largest absolute Gasteiger partial charge is 0.497 e. The smallest absolute Gasteiger partial charge is 0.190 e. The fraction of sp³-hybridized carbons (Fsp3) is 0.0800. The number of rotatable bonds is 7. The van der Waals surface area contributed by atoms with E-state index >= 15 is 0 Å². The van der Waals surface area contributed by atoms with Crippen molar-refractivity contribution in [3.8, 4) is 22.7 Å². The molecule has 4 aromatic rings. The third-order valence-corrected chi connectivity index (χ3v) is 4.80. The Morgan fingerprint density at radius 1 is 0.833 bits per heavy atom. The average molecular weight is 396 g/mol. The van der Waals surface area contributed by atoms with Crippen LogP contribution in [0, 0.1) is 0 Å². The molecule has 0 radical (unpaired) electrons. The van der Waals surface area contributed by atoms with Gasteiger partial charge in [-0.05, 0) is 42.5 Å². The first-order valence-electron chi connectivity index (χ1n) is 9.57. The summed E-state index contributed by atoms with van der Waals surface area (Å²) in [6.07, 6.45) is -0.244. The minimum absolute atomic E-state index is 0.244. The molecule has 0 aliphatic rings. The van der Waals surface area contributed by atoms with Crippen LogP contribution in [0.25, 0.3) is 16.9 Å². The average Bonchev–Trinajstić information content (AvgIpc) is 3.26. The van der Waals surface area contributed by atoms with Gasteiger partial charge in [-0.2, -0.15) is 5.10 Å². The molecule has 0 spiro atoms. The highest BCUT2D eigenvalue weighted by Gasteiger charge is 2.20. The number of nitrogens with zero attached hydrogens (tertiary/aromatic N) is 2. The number of hydrogen-bond acceptors (Lipinski definition) is 4. The summed E-state index contributed by atoms with van der Waals surface area (Å²) in [5, 5.41) is 4.53. The molecule has 1 aromatic heterocycles. The van der Waals surface area contributed by atoms with Gasteiger partial charge in [-0.1, -0.05) is 48.5 Å². The highest BCUT2D eigenvalue weighted by atomic mass is 16.5. The van der Waals surface area contributed by atoms with Gasteiger partial charge in [0.05, 0.1) is 24.9 Å². The summed E-state index contributed by atoms with van der Waals surface area (Å²) in [5.41, 5.74) is 3.31. The van der Waals surface area contributed by atoms with Crippen molar-refractivity contribution in [2.75, 3.05) is 7.11 Å². The zero-order valence-electron chi connectivity index (χ0n) is 16.5. The van der Waals surface area contributed by atoms with Gasteiger partial charge in [0.15, 0.2) is 11.6 Å². The summed E-state index contributed by atoms with van der Waals surface area (Å²) >= 11 is 0. The Morgan fingerprint density at radius 2 is 1.47 bits per heavy atom. The predicted molar refractivity (Wildman–Crippen MR) is 115 cm³/mol. The van der Waals surface area contributed by atoms with Crippen LogP contribution >= 0.6 is 0 Å². The number of Topliss-reactive ketones (excluding diaryl/α,β-unsaturated/α-hetero) is 2. The molecule has 5 heteroatoms. The van der Waals surface area contributed by atoms with E-state index in [0.29, 0.717) is 11.3 Å². The van der Waals surface area contributed by atoms with Crippen molar-refractivity contribution < 1.29 is 14.3 Å². The first-order valence-corrected chi connectivity index (χ1v) is 9.57. The third kappa shape index (κ3) is 4.05. The van der Waals surface area contributed by atoms with Crippen LogP contribution in [0.4, 0.5) is 0 Å². The minimum atomic E-state index is -0.317. The van der Waals surface area contributed by atoms with Gasteiger partial charge in [0.25, 0.3) is 0 Å². The van der Waals surface area contributed by atoms with Crippen molar-refractivity contribution >= 4 is 11.6 Å². The van der Waals surface area contributed by atoms with Gasteiger partial charge in [0.1, 0.15) is 11.4 Å². The quantitative estimate of drug-likeness (QED) is 0.326. The van der Waals surface area contributed by atoms with Crippen LogP contribution in [0.2, 0.25) is 0 Å². The van der Waals surface area contributed by atoms with E-state index < -0.39 is 0 Å². The standard InChI is InChI=1S/C25H20N2O3/c1-30-21-14-12-19(13-15-21)24(28)17-25(29)22-16-23(18-8-4-2-5-9-18)27(26-22)20-10-6-3-7-11-20/h2-16H,17H2,1H3. The molecule has 148 valence electrons. The molecule has 30 heavy (non-hydrogen) atoms. The normalized spacial score (nSPS) is 10.6. The molecule has 0 aliphatic carbocycles. The number of carbonyl (C=O) groups is 2. The van der Waals surface area contributed by atoms with Gasteiger partial charge in [-0.25, -0.2) is 4.68 Å². The van der Waals surface area contributed by atoms with Crippen molar-refractivity contribution in [3.63, 3.8) is 0 Å². The first-order chi connectivity index (χ1) is 14.7. The highest BCUT2D eigenvalue weighted by Crippen LogP contribution is 2.25. The van der Waals surface area contributed by atoms with E-state index in [1.807, 2.05) is 60.7 Å². The number of carbonyl (C=O) groups excluding carboxylic acids is 2. The van der Waals surface area contributed by atoms with Crippen LogP contribution in [-0.2, 0) is 0 Å². The van der Waals surface area contributed by atoms with Crippen molar-refractivity contribution in [1.82, 2.24) is 9.78 Å². The second kappa shape index (κ2) is 8.57. The maximum absolute atomic E-state index is 12.9. The predicted octanol–water partition coefficient (Wildman–Crippen LogP) is 5.00. The molecule has 0 bridgehead atoms. The van der Waals surface area contributed by atoms with E-state index in [9.17, 15) is 9.59 Å². The lowest BCUT2D eigenvalue weighted by molar-refractivity contribution is 0.0891. The molecule has 5 nitrogen and oxygen atoms in total. The number of ketones is 2. The van der Waals surface area contributed by atoms with Gasteiger partial charge in [0.2, 0.25) is 0 Å². The number of ether oxygens (including phenoxy) is 1. The Morgan fingerprint density at radius 3 is 2.10 bits per heavy atom. The molecule has 1 heterocycles. The Balaban J connectivity index is 1.64. The molecule has 0 fully saturated rings. The maximum atomic E-state index is 12.9. The summed E-state index contributed by atoms with van der Waals surface area (Å²) in [5.74, 6) is 0.0906. The number of aromatic nitrogens is 2. The topological polar surface area (TPSA) is 61.2 Å². The highest BCUT2D eigenvalue weighted by molar-refractivity contribution is 6.13. The maximum Gasteiger partial charge on any atom is 0.190 e.